The van der Waals surface area contributed by atoms with E-state index in [4.69, 9.17) is 25.8 Å². The number of anilines is 1. The molecule has 0 aliphatic rings. The second kappa shape index (κ2) is 11.2. The van der Waals surface area contributed by atoms with Crippen LogP contribution >= 0.6 is 11.6 Å². The number of halogens is 1. The topological polar surface area (TPSA) is 101 Å². The summed E-state index contributed by atoms with van der Waals surface area (Å²) in [7, 11) is 1.57. The van der Waals surface area contributed by atoms with E-state index in [1.807, 2.05) is 0 Å². The van der Waals surface area contributed by atoms with Crippen molar-refractivity contribution >= 4 is 29.5 Å². The van der Waals surface area contributed by atoms with Crippen molar-refractivity contribution in [3.05, 3.63) is 23.9 Å². The Kier molecular flexibility index (Phi) is 9.61. The molecular formula is C19H30ClN3O6. The normalized spacial score (nSPS) is 13.4. The van der Waals surface area contributed by atoms with Crippen LogP contribution < -0.4 is 4.90 Å². The Hall–Kier alpha value is -2.10. The van der Waals surface area contributed by atoms with Crippen molar-refractivity contribution in [3.63, 3.8) is 0 Å². The zero-order valence-electron chi connectivity index (χ0n) is 17.7. The maximum absolute atomic E-state index is 12.2. The lowest BCUT2D eigenvalue weighted by Crippen LogP contribution is -2.40. The summed E-state index contributed by atoms with van der Waals surface area (Å²) in [5.41, 5.74) is -0.814. The van der Waals surface area contributed by atoms with Crippen molar-refractivity contribution in [1.29, 1.82) is 0 Å². The lowest BCUT2D eigenvalue weighted by Gasteiger charge is -2.27. The number of alkyl halides is 1. The van der Waals surface area contributed by atoms with Gasteiger partial charge in [0.25, 0.3) is 0 Å². The van der Waals surface area contributed by atoms with E-state index in [1.165, 1.54) is 16.0 Å². The van der Waals surface area contributed by atoms with Crippen LogP contribution in [0.5, 0.6) is 0 Å². The molecule has 0 aliphatic carbocycles. The number of amides is 1. The van der Waals surface area contributed by atoms with E-state index in [0.717, 1.165) is 0 Å². The van der Waals surface area contributed by atoms with E-state index in [1.54, 1.807) is 53.8 Å². The summed E-state index contributed by atoms with van der Waals surface area (Å²) in [5, 5.41) is 10.1. The van der Waals surface area contributed by atoms with Gasteiger partial charge >= 0.3 is 12.1 Å². The maximum atomic E-state index is 12.2. The number of aromatic nitrogens is 1. The van der Waals surface area contributed by atoms with Crippen molar-refractivity contribution in [3.8, 4) is 0 Å². The molecule has 0 fully saturated rings. The molecule has 1 aromatic rings. The largest absolute Gasteiger partial charge is 0.459 e. The monoisotopic (exact) mass is 431 g/mol. The molecule has 0 aromatic carbocycles. The number of rotatable bonds is 9. The van der Waals surface area contributed by atoms with Gasteiger partial charge < -0.3 is 24.2 Å². The van der Waals surface area contributed by atoms with Gasteiger partial charge in [-0.15, -0.1) is 0 Å². The number of likely N-dealkylation sites (N-methyl/N-ethyl adjacent to an activating group) is 1. The van der Waals surface area contributed by atoms with Crippen molar-refractivity contribution in [2.75, 3.05) is 25.0 Å². The number of carbonyl (C=O) groups is 2. The number of esters is 1. The summed E-state index contributed by atoms with van der Waals surface area (Å²) >= 11 is 5.73. The molecule has 0 spiro atoms. The molecule has 1 rings (SSSR count). The molecular weight excluding hydrogens is 402 g/mol. The predicted octanol–water partition coefficient (Wildman–Crippen LogP) is 2.70. The van der Waals surface area contributed by atoms with Crippen LogP contribution in [-0.2, 0) is 25.6 Å². The Morgan fingerprint density at radius 3 is 2.55 bits per heavy atom. The molecule has 1 N–H and O–H groups in total. The number of aliphatic hydroxyl groups is 1. The van der Waals surface area contributed by atoms with Crippen molar-refractivity contribution in [2.45, 2.75) is 58.8 Å². The third-order valence-corrected chi connectivity index (χ3v) is 3.69. The average molecular weight is 432 g/mol. The van der Waals surface area contributed by atoms with Crippen LogP contribution in [0.15, 0.2) is 18.3 Å². The first-order valence-electron chi connectivity index (χ1n) is 9.22. The van der Waals surface area contributed by atoms with E-state index in [2.05, 4.69) is 4.98 Å². The highest BCUT2D eigenvalue weighted by Crippen LogP contribution is 2.20. The maximum Gasteiger partial charge on any atom is 0.410 e. The number of hydrogen-bond acceptors (Lipinski definition) is 8. The molecule has 0 aliphatic heterocycles. The number of hydrogen-bond donors (Lipinski definition) is 1. The summed E-state index contributed by atoms with van der Waals surface area (Å²) < 4.78 is 15.7. The number of nitrogens with zero attached hydrogens (tertiary/aromatic N) is 3. The van der Waals surface area contributed by atoms with Gasteiger partial charge in [0.05, 0.1) is 0 Å². The van der Waals surface area contributed by atoms with Gasteiger partial charge in [0, 0.05) is 25.4 Å². The molecule has 0 radical (unpaired) electrons. The zero-order chi connectivity index (χ0) is 22.2. The summed E-state index contributed by atoms with van der Waals surface area (Å²) in [6.07, 6.45) is -0.376. The minimum absolute atomic E-state index is 0.0959. The van der Waals surface area contributed by atoms with Gasteiger partial charge in [0.2, 0.25) is 6.41 Å². The van der Waals surface area contributed by atoms with Gasteiger partial charge in [-0.3, -0.25) is 9.69 Å². The molecule has 1 amide bonds. The van der Waals surface area contributed by atoms with Gasteiger partial charge in [-0.2, -0.15) is 0 Å². The second-order valence-corrected chi connectivity index (χ2v) is 7.87. The van der Waals surface area contributed by atoms with E-state index < -0.39 is 29.6 Å². The fraction of sp³-hybridized carbons (Fsp3) is 0.632. The van der Waals surface area contributed by atoms with E-state index in [9.17, 15) is 14.7 Å². The summed E-state index contributed by atoms with van der Waals surface area (Å²) in [4.78, 5) is 31.2. The predicted molar refractivity (Wildman–Crippen MR) is 108 cm³/mol. The minimum Gasteiger partial charge on any atom is -0.459 e. The summed E-state index contributed by atoms with van der Waals surface area (Å²) in [5.74, 6) is -0.231. The first-order valence-corrected chi connectivity index (χ1v) is 9.66. The Morgan fingerprint density at radius 2 is 2.00 bits per heavy atom. The van der Waals surface area contributed by atoms with Crippen LogP contribution in [-0.4, -0.2) is 64.8 Å². The van der Waals surface area contributed by atoms with Crippen LogP contribution in [0.3, 0.4) is 0 Å². The zero-order valence-corrected chi connectivity index (χ0v) is 18.5. The van der Waals surface area contributed by atoms with Crippen LogP contribution in [0.1, 0.15) is 40.2 Å². The molecule has 29 heavy (non-hydrogen) atoms. The quantitative estimate of drug-likeness (QED) is 0.362. The van der Waals surface area contributed by atoms with Crippen molar-refractivity contribution < 1.29 is 28.9 Å². The fourth-order valence-corrected chi connectivity index (χ4v) is 2.31. The van der Waals surface area contributed by atoms with Gasteiger partial charge in [-0.05, 0) is 40.7 Å². The Labute approximate surface area is 176 Å². The summed E-state index contributed by atoms with van der Waals surface area (Å²) in [6, 6.07) is 3.38. The molecule has 2 unspecified atom stereocenters. The smallest absolute Gasteiger partial charge is 0.410 e. The molecule has 10 heteroatoms. The van der Waals surface area contributed by atoms with Crippen LogP contribution in [0.2, 0.25) is 0 Å². The van der Waals surface area contributed by atoms with Gasteiger partial charge in [-0.1, -0.05) is 17.7 Å². The van der Waals surface area contributed by atoms with Crippen molar-refractivity contribution in [2.24, 2.45) is 0 Å². The van der Waals surface area contributed by atoms with Gasteiger partial charge in [0.1, 0.15) is 30.1 Å². The van der Waals surface area contributed by atoms with Crippen molar-refractivity contribution in [1.82, 2.24) is 9.88 Å². The first-order chi connectivity index (χ1) is 13.4. The highest BCUT2D eigenvalue weighted by Gasteiger charge is 2.24. The number of carbonyl (C=O) groups excluding carboxylic acids is 2. The number of aliphatic hydroxyl groups excluding tert-OH is 1. The molecule has 164 valence electrons. The molecule has 0 bridgehead atoms. The fourth-order valence-electron chi connectivity index (χ4n) is 2.22. The molecule has 2 atom stereocenters. The molecule has 0 saturated heterocycles. The summed E-state index contributed by atoms with van der Waals surface area (Å²) in [6.45, 7) is 8.52. The number of ether oxygens (including phenoxy) is 3. The molecule has 1 aromatic heterocycles. The van der Waals surface area contributed by atoms with Crippen LogP contribution in [0.25, 0.3) is 0 Å². The molecule has 0 saturated carbocycles. The van der Waals surface area contributed by atoms with E-state index >= 15 is 0 Å². The lowest BCUT2D eigenvalue weighted by molar-refractivity contribution is -0.146. The van der Waals surface area contributed by atoms with E-state index in [-0.39, 0.29) is 13.2 Å². The Morgan fingerprint density at radius 1 is 1.34 bits per heavy atom. The highest BCUT2D eigenvalue weighted by molar-refractivity contribution is 6.19. The third kappa shape index (κ3) is 8.84. The minimum atomic E-state index is -1.32. The third-order valence-electron chi connectivity index (χ3n) is 3.58. The molecule has 1 heterocycles. The SMILES string of the molecule is CCN(CC(=O)OCc1cccnc1N(C)C(O)OC(C)Cl)C(=O)OC(C)(C)C. The number of pyridine rings is 1. The van der Waals surface area contributed by atoms with E-state index in [0.29, 0.717) is 17.9 Å². The van der Waals surface area contributed by atoms with Gasteiger partial charge in [0.15, 0.2) is 0 Å². The standard InChI is InChI=1S/C19H30ClN3O6/c1-7-23(18(26)29-19(3,4)5)11-15(24)27-12-14-9-8-10-21-16(14)22(6)17(25)28-13(2)20/h8-10,13,17,25H,7,11-12H2,1-6H3. The highest BCUT2D eigenvalue weighted by atomic mass is 35.5. The second-order valence-electron chi connectivity index (χ2n) is 7.26. The Balaban J connectivity index is 2.73. The van der Waals surface area contributed by atoms with Crippen LogP contribution in [0.4, 0.5) is 10.6 Å². The lowest BCUT2D eigenvalue weighted by atomic mass is 10.2. The molecule has 9 nitrogen and oxygen atoms in total. The Bertz CT molecular complexity index is 680. The van der Waals surface area contributed by atoms with Gasteiger partial charge in [-0.25, -0.2) is 9.78 Å². The first kappa shape index (κ1) is 24.9. The average Bonchev–Trinajstić information content (AvgIpc) is 2.61. The van der Waals surface area contributed by atoms with Crippen LogP contribution in [0, 0.1) is 0 Å².